The number of hydrogen-bond donors (Lipinski definition) is 1. The molecule has 1 aromatic carbocycles. The molecule has 4 aliphatic carbocycles. The molecule has 1 atom stereocenters. The molecule has 0 amide bonds. The zero-order chi connectivity index (χ0) is 14.4. The van der Waals surface area contributed by atoms with Gasteiger partial charge in [-0.05, 0) is 74.7 Å². The summed E-state index contributed by atoms with van der Waals surface area (Å²) in [6.07, 6.45) is 8.68. The van der Waals surface area contributed by atoms with E-state index in [0.29, 0.717) is 18.0 Å². The van der Waals surface area contributed by atoms with Gasteiger partial charge in [0.15, 0.2) is 0 Å². The molecule has 2 heteroatoms. The molecule has 4 saturated carbocycles. The minimum atomic E-state index is -0.0808. The number of rotatable bonds is 4. The molecule has 1 nitrogen and oxygen atoms in total. The van der Waals surface area contributed by atoms with E-state index in [4.69, 9.17) is 0 Å². The van der Waals surface area contributed by atoms with Crippen LogP contribution in [0.5, 0.6) is 0 Å². The monoisotopic (exact) mass is 287 g/mol. The Hall–Kier alpha value is -0.890. The lowest BCUT2D eigenvalue weighted by atomic mass is 9.48. The zero-order valence-corrected chi connectivity index (χ0v) is 12.9. The fourth-order valence-electron chi connectivity index (χ4n) is 5.83. The fourth-order valence-corrected chi connectivity index (χ4v) is 5.83. The summed E-state index contributed by atoms with van der Waals surface area (Å²) >= 11 is 0. The van der Waals surface area contributed by atoms with Crippen molar-refractivity contribution in [2.24, 2.45) is 23.2 Å². The van der Waals surface area contributed by atoms with Crippen LogP contribution in [0.15, 0.2) is 24.3 Å². The summed E-state index contributed by atoms with van der Waals surface area (Å²) in [6, 6.07) is 7.66. The summed E-state index contributed by atoms with van der Waals surface area (Å²) in [5, 5.41) is 3.66. The van der Waals surface area contributed by atoms with Crippen molar-refractivity contribution in [3.63, 3.8) is 0 Å². The van der Waals surface area contributed by atoms with Crippen LogP contribution in [0.4, 0.5) is 4.39 Å². The summed E-state index contributed by atoms with van der Waals surface area (Å²) in [5.41, 5.74) is 1.30. The average Bonchev–Trinajstić information content (AvgIpc) is 2.44. The summed E-state index contributed by atoms with van der Waals surface area (Å²) in [7, 11) is 0. The largest absolute Gasteiger partial charge is 0.310 e. The van der Waals surface area contributed by atoms with Crippen LogP contribution >= 0.6 is 0 Å². The van der Waals surface area contributed by atoms with Crippen molar-refractivity contribution in [1.29, 1.82) is 0 Å². The summed E-state index contributed by atoms with van der Waals surface area (Å²) in [6.45, 7) is 3.00. The molecule has 4 bridgehead atoms. The first-order valence-electron chi connectivity index (χ1n) is 8.61. The van der Waals surface area contributed by atoms with Gasteiger partial charge in [0.2, 0.25) is 0 Å². The number of hydrogen-bond acceptors (Lipinski definition) is 1. The van der Waals surface area contributed by atoms with Gasteiger partial charge < -0.3 is 5.32 Å². The Labute approximate surface area is 127 Å². The highest BCUT2D eigenvalue weighted by atomic mass is 19.1. The van der Waals surface area contributed by atoms with E-state index in [-0.39, 0.29) is 5.82 Å². The Kier molecular flexibility index (Phi) is 3.33. The van der Waals surface area contributed by atoms with Crippen molar-refractivity contribution in [1.82, 2.24) is 5.32 Å². The van der Waals surface area contributed by atoms with Crippen LogP contribution in [0.25, 0.3) is 0 Å². The van der Waals surface area contributed by atoms with E-state index < -0.39 is 0 Å². The molecule has 1 aromatic rings. The first-order chi connectivity index (χ1) is 10.1. The van der Waals surface area contributed by atoms with Gasteiger partial charge in [0.05, 0.1) is 0 Å². The van der Waals surface area contributed by atoms with E-state index in [1.807, 2.05) is 12.1 Å². The topological polar surface area (TPSA) is 12.0 Å². The highest BCUT2D eigenvalue weighted by molar-refractivity contribution is 5.17. The van der Waals surface area contributed by atoms with Gasteiger partial charge in [-0.2, -0.15) is 0 Å². The van der Waals surface area contributed by atoms with Crippen LogP contribution in [-0.4, -0.2) is 6.04 Å². The molecule has 1 unspecified atom stereocenters. The zero-order valence-electron chi connectivity index (χ0n) is 12.9. The molecule has 21 heavy (non-hydrogen) atoms. The smallest absolute Gasteiger partial charge is 0.127 e. The quantitative estimate of drug-likeness (QED) is 0.858. The maximum atomic E-state index is 13.8. The van der Waals surface area contributed by atoms with E-state index in [0.717, 1.165) is 23.3 Å². The van der Waals surface area contributed by atoms with Crippen molar-refractivity contribution in [2.75, 3.05) is 0 Å². The number of benzene rings is 1. The second kappa shape index (κ2) is 5.08. The Bertz CT molecular complexity index is 489. The first kappa shape index (κ1) is 13.8. The molecule has 1 N–H and O–H groups in total. The predicted octanol–water partition coefficient (Wildman–Crippen LogP) is 4.52. The van der Waals surface area contributed by atoms with Gasteiger partial charge in [-0.3, -0.25) is 0 Å². The molecular formula is C19H26FN. The predicted molar refractivity (Wildman–Crippen MR) is 83.3 cm³/mol. The van der Waals surface area contributed by atoms with E-state index in [1.165, 1.54) is 38.5 Å². The normalized spacial score (nSPS) is 38.7. The fraction of sp³-hybridized carbons (Fsp3) is 0.684. The lowest BCUT2D eigenvalue weighted by Crippen LogP contribution is -2.54. The lowest BCUT2D eigenvalue weighted by molar-refractivity contribution is -0.0707. The molecule has 4 aliphatic rings. The first-order valence-corrected chi connectivity index (χ1v) is 8.61. The van der Waals surface area contributed by atoms with E-state index in [1.54, 1.807) is 12.1 Å². The Morgan fingerprint density at radius 2 is 1.67 bits per heavy atom. The van der Waals surface area contributed by atoms with Gasteiger partial charge in [0.1, 0.15) is 5.82 Å². The van der Waals surface area contributed by atoms with Gasteiger partial charge in [0.25, 0.3) is 0 Å². The Balaban J connectivity index is 1.45. The minimum Gasteiger partial charge on any atom is -0.310 e. The summed E-state index contributed by atoms with van der Waals surface area (Å²) in [5.74, 6) is 2.86. The average molecular weight is 287 g/mol. The third kappa shape index (κ3) is 2.42. The molecule has 114 valence electrons. The second-order valence-corrected chi connectivity index (χ2v) is 7.97. The molecule has 0 radical (unpaired) electrons. The lowest BCUT2D eigenvalue weighted by Gasteiger charge is -2.59. The van der Waals surface area contributed by atoms with Crippen LogP contribution in [0.1, 0.15) is 51.0 Å². The van der Waals surface area contributed by atoms with Crippen LogP contribution in [0.2, 0.25) is 0 Å². The van der Waals surface area contributed by atoms with Crippen molar-refractivity contribution in [2.45, 2.75) is 58.0 Å². The van der Waals surface area contributed by atoms with Gasteiger partial charge in [-0.15, -0.1) is 0 Å². The summed E-state index contributed by atoms with van der Waals surface area (Å²) < 4.78 is 13.8. The van der Waals surface area contributed by atoms with E-state index in [9.17, 15) is 4.39 Å². The van der Waals surface area contributed by atoms with Crippen molar-refractivity contribution < 1.29 is 4.39 Å². The van der Waals surface area contributed by atoms with Crippen molar-refractivity contribution in [3.05, 3.63) is 35.6 Å². The van der Waals surface area contributed by atoms with Crippen molar-refractivity contribution in [3.8, 4) is 0 Å². The number of nitrogens with one attached hydrogen (secondary N) is 1. The SMILES string of the molecule is CC(NCc1ccccc1F)C12CC3CC(CC(C3)C1)C2. The van der Waals surface area contributed by atoms with Crippen LogP contribution < -0.4 is 5.32 Å². The standard InChI is InChI=1S/C19H26FN/c1-13(21-12-17-4-2-3-5-18(17)20)19-9-14-6-15(10-19)8-16(7-14)11-19/h2-5,13-16,21H,6-12H2,1H3. The summed E-state index contributed by atoms with van der Waals surface area (Å²) in [4.78, 5) is 0. The maximum Gasteiger partial charge on any atom is 0.127 e. The highest BCUT2D eigenvalue weighted by Crippen LogP contribution is 2.61. The molecule has 0 aliphatic heterocycles. The minimum absolute atomic E-state index is 0.0808. The third-order valence-corrected chi connectivity index (χ3v) is 6.56. The molecule has 0 spiro atoms. The molecule has 5 rings (SSSR count). The van der Waals surface area contributed by atoms with E-state index in [2.05, 4.69) is 12.2 Å². The molecule has 0 aromatic heterocycles. The molecule has 0 heterocycles. The van der Waals surface area contributed by atoms with Gasteiger partial charge in [-0.25, -0.2) is 4.39 Å². The highest BCUT2D eigenvalue weighted by Gasteiger charge is 2.52. The van der Waals surface area contributed by atoms with Gasteiger partial charge in [0, 0.05) is 18.2 Å². The van der Waals surface area contributed by atoms with Gasteiger partial charge >= 0.3 is 0 Å². The van der Waals surface area contributed by atoms with Crippen LogP contribution in [0.3, 0.4) is 0 Å². The third-order valence-electron chi connectivity index (χ3n) is 6.56. The van der Waals surface area contributed by atoms with Crippen LogP contribution in [0, 0.1) is 29.0 Å². The van der Waals surface area contributed by atoms with Gasteiger partial charge in [-0.1, -0.05) is 18.2 Å². The molecular weight excluding hydrogens is 261 g/mol. The Morgan fingerprint density at radius 3 is 2.24 bits per heavy atom. The number of halogens is 1. The maximum absolute atomic E-state index is 13.8. The second-order valence-electron chi connectivity index (χ2n) is 7.97. The van der Waals surface area contributed by atoms with E-state index >= 15 is 0 Å². The van der Waals surface area contributed by atoms with Crippen LogP contribution in [-0.2, 0) is 6.54 Å². The van der Waals surface area contributed by atoms with Crippen molar-refractivity contribution >= 4 is 0 Å². The molecule has 4 fully saturated rings. The Morgan fingerprint density at radius 1 is 1.10 bits per heavy atom. The molecule has 0 saturated heterocycles.